The molecule has 0 spiro atoms. The topological polar surface area (TPSA) is 24.5 Å². The molecule has 1 N–H and O–H groups in total. The third-order valence-electron chi connectivity index (χ3n) is 3.42. The maximum absolute atomic E-state index is 5.39. The van der Waals surface area contributed by atoms with Crippen LogP contribution in [0.4, 0.5) is 0 Å². The summed E-state index contributed by atoms with van der Waals surface area (Å²) < 4.78 is 5.39. The zero-order valence-corrected chi connectivity index (χ0v) is 11.3. The molecule has 3 nitrogen and oxygen atoms in total. The number of rotatable bonds is 7. The Balaban J connectivity index is 2.08. The van der Waals surface area contributed by atoms with Crippen molar-refractivity contribution in [2.45, 2.75) is 45.8 Å². The van der Waals surface area contributed by atoms with Gasteiger partial charge in [-0.25, -0.2) is 0 Å². The Hall–Kier alpha value is -0.120. The van der Waals surface area contributed by atoms with Crippen LogP contribution in [-0.4, -0.2) is 50.3 Å². The van der Waals surface area contributed by atoms with E-state index in [-0.39, 0.29) is 0 Å². The smallest absolute Gasteiger partial charge is 0.0710 e. The van der Waals surface area contributed by atoms with Crippen molar-refractivity contribution in [3.63, 3.8) is 0 Å². The number of likely N-dealkylation sites (tertiary alicyclic amines) is 1. The first-order chi connectivity index (χ1) is 7.63. The van der Waals surface area contributed by atoms with E-state index in [1.807, 2.05) is 7.11 Å². The number of ether oxygens (including phenoxy) is 1. The summed E-state index contributed by atoms with van der Waals surface area (Å²) >= 11 is 0. The lowest BCUT2D eigenvalue weighted by Gasteiger charge is -2.24. The Labute approximate surface area is 101 Å². The average Bonchev–Trinajstić information content (AvgIpc) is 2.72. The van der Waals surface area contributed by atoms with E-state index in [0.717, 1.165) is 25.6 Å². The highest BCUT2D eigenvalue weighted by molar-refractivity contribution is 4.80. The molecule has 1 rings (SSSR count). The Morgan fingerprint density at radius 1 is 1.38 bits per heavy atom. The molecule has 1 saturated heterocycles. The van der Waals surface area contributed by atoms with Crippen LogP contribution in [0.15, 0.2) is 0 Å². The predicted molar refractivity (Wildman–Crippen MR) is 68.8 cm³/mol. The van der Waals surface area contributed by atoms with Gasteiger partial charge in [0, 0.05) is 26.2 Å². The molecule has 2 unspecified atom stereocenters. The zero-order chi connectivity index (χ0) is 12.0. The summed E-state index contributed by atoms with van der Waals surface area (Å²) in [6.45, 7) is 11.4. The Morgan fingerprint density at radius 3 is 2.69 bits per heavy atom. The molecule has 0 aromatic rings. The van der Waals surface area contributed by atoms with Crippen LogP contribution in [0.25, 0.3) is 0 Å². The van der Waals surface area contributed by atoms with Gasteiger partial charge in [-0.3, -0.25) is 4.90 Å². The van der Waals surface area contributed by atoms with Crippen molar-refractivity contribution >= 4 is 0 Å². The quantitative estimate of drug-likeness (QED) is 0.672. The molecular formula is C13H28N2O. The first kappa shape index (κ1) is 13.9. The summed E-state index contributed by atoms with van der Waals surface area (Å²) in [4.78, 5) is 2.55. The van der Waals surface area contributed by atoms with Crippen LogP contribution in [0.1, 0.15) is 33.6 Å². The van der Waals surface area contributed by atoms with Gasteiger partial charge in [-0.15, -0.1) is 0 Å². The third-order valence-corrected chi connectivity index (χ3v) is 3.42. The Morgan fingerprint density at radius 2 is 2.12 bits per heavy atom. The van der Waals surface area contributed by atoms with E-state index in [0.29, 0.717) is 12.1 Å². The molecule has 3 heteroatoms. The molecule has 1 fully saturated rings. The van der Waals surface area contributed by atoms with Gasteiger partial charge in [0.1, 0.15) is 0 Å². The highest BCUT2D eigenvalue weighted by atomic mass is 16.5. The van der Waals surface area contributed by atoms with Gasteiger partial charge in [-0.1, -0.05) is 13.8 Å². The molecule has 0 aromatic carbocycles. The van der Waals surface area contributed by atoms with Gasteiger partial charge in [-0.05, 0) is 38.8 Å². The lowest BCUT2D eigenvalue weighted by Crippen LogP contribution is -2.35. The summed E-state index contributed by atoms with van der Waals surface area (Å²) in [5.74, 6) is 0.750. The van der Waals surface area contributed by atoms with Gasteiger partial charge >= 0.3 is 0 Å². The number of methoxy groups -OCH3 is 1. The zero-order valence-electron chi connectivity index (χ0n) is 11.3. The largest absolute Gasteiger partial charge is 0.380 e. The van der Waals surface area contributed by atoms with Crippen LogP contribution in [-0.2, 0) is 4.74 Å². The first-order valence-corrected chi connectivity index (χ1v) is 6.61. The van der Waals surface area contributed by atoms with Crippen molar-refractivity contribution in [3.8, 4) is 0 Å². The van der Waals surface area contributed by atoms with Gasteiger partial charge in [0.15, 0.2) is 0 Å². The van der Waals surface area contributed by atoms with Crippen LogP contribution in [0.3, 0.4) is 0 Å². The molecule has 0 amide bonds. The number of nitrogens with zero attached hydrogens (tertiary/aromatic N) is 1. The second-order valence-electron chi connectivity index (χ2n) is 5.38. The molecule has 16 heavy (non-hydrogen) atoms. The number of hydrogen-bond donors (Lipinski definition) is 1. The molecule has 0 saturated carbocycles. The Bertz CT molecular complexity index is 185. The van der Waals surface area contributed by atoms with Crippen molar-refractivity contribution in [2.24, 2.45) is 5.92 Å². The van der Waals surface area contributed by atoms with Crippen molar-refractivity contribution in [1.29, 1.82) is 0 Å². The molecular weight excluding hydrogens is 200 g/mol. The molecule has 0 aliphatic carbocycles. The van der Waals surface area contributed by atoms with E-state index in [4.69, 9.17) is 4.74 Å². The third kappa shape index (κ3) is 4.81. The Kier molecular flexibility index (Phi) is 6.32. The number of hydrogen-bond acceptors (Lipinski definition) is 3. The van der Waals surface area contributed by atoms with Crippen LogP contribution in [0, 0.1) is 5.92 Å². The van der Waals surface area contributed by atoms with Gasteiger partial charge in [0.25, 0.3) is 0 Å². The van der Waals surface area contributed by atoms with Crippen molar-refractivity contribution in [3.05, 3.63) is 0 Å². The minimum Gasteiger partial charge on any atom is -0.380 e. The van der Waals surface area contributed by atoms with Crippen LogP contribution < -0.4 is 5.32 Å². The fraction of sp³-hybridized carbons (Fsp3) is 1.00. The van der Waals surface area contributed by atoms with E-state index >= 15 is 0 Å². The van der Waals surface area contributed by atoms with E-state index in [2.05, 4.69) is 31.0 Å². The summed E-state index contributed by atoms with van der Waals surface area (Å²) in [6.07, 6.45) is 2.90. The molecule has 0 bridgehead atoms. The van der Waals surface area contributed by atoms with E-state index in [1.165, 1.54) is 19.4 Å². The van der Waals surface area contributed by atoms with Crippen LogP contribution in [0.2, 0.25) is 0 Å². The van der Waals surface area contributed by atoms with Crippen LogP contribution >= 0.6 is 0 Å². The normalized spacial score (nSPS) is 24.2. The molecule has 1 aliphatic heterocycles. The van der Waals surface area contributed by atoms with Crippen LogP contribution in [0.5, 0.6) is 0 Å². The maximum atomic E-state index is 5.39. The molecule has 0 aromatic heterocycles. The minimum absolute atomic E-state index is 0.464. The van der Waals surface area contributed by atoms with Gasteiger partial charge in [0.2, 0.25) is 0 Å². The standard InChI is InChI=1S/C13H28N2O/c1-11(2)9-14-7-5-12(3)15-8-6-13(10-15)16-4/h11-14H,5-10H2,1-4H3. The highest BCUT2D eigenvalue weighted by Gasteiger charge is 2.25. The predicted octanol–water partition coefficient (Wildman–Crippen LogP) is 1.73. The second kappa shape index (κ2) is 7.25. The van der Waals surface area contributed by atoms with E-state index in [1.54, 1.807) is 0 Å². The molecule has 96 valence electrons. The molecule has 1 aliphatic rings. The monoisotopic (exact) mass is 228 g/mol. The second-order valence-corrected chi connectivity index (χ2v) is 5.38. The highest BCUT2D eigenvalue weighted by Crippen LogP contribution is 2.16. The maximum Gasteiger partial charge on any atom is 0.0710 e. The summed E-state index contributed by atoms with van der Waals surface area (Å²) in [5, 5.41) is 3.51. The van der Waals surface area contributed by atoms with E-state index < -0.39 is 0 Å². The summed E-state index contributed by atoms with van der Waals surface area (Å²) in [6, 6.07) is 0.680. The van der Waals surface area contributed by atoms with Gasteiger partial charge in [0.05, 0.1) is 6.10 Å². The first-order valence-electron chi connectivity index (χ1n) is 6.61. The lowest BCUT2D eigenvalue weighted by atomic mass is 10.2. The SMILES string of the molecule is COC1CCN(C(C)CCNCC(C)C)C1. The van der Waals surface area contributed by atoms with Crippen molar-refractivity contribution in [2.75, 3.05) is 33.3 Å². The lowest BCUT2D eigenvalue weighted by molar-refractivity contribution is 0.101. The summed E-state index contributed by atoms with van der Waals surface area (Å²) in [5.41, 5.74) is 0. The fourth-order valence-corrected chi connectivity index (χ4v) is 2.23. The number of nitrogens with one attached hydrogen (secondary N) is 1. The minimum atomic E-state index is 0.464. The average molecular weight is 228 g/mol. The van der Waals surface area contributed by atoms with Crippen molar-refractivity contribution in [1.82, 2.24) is 10.2 Å². The van der Waals surface area contributed by atoms with E-state index in [9.17, 15) is 0 Å². The summed E-state index contributed by atoms with van der Waals surface area (Å²) in [7, 11) is 1.82. The fourth-order valence-electron chi connectivity index (χ4n) is 2.23. The molecule has 2 atom stereocenters. The van der Waals surface area contributed by atoms with Gasteiger partial charge < -0.3 is 10.1 Å². The van der Waals surface area contributed by atoms with Crippen molar-refractivity contribution < 1.29 is 4.74 Å². The molecule has 1 heterocycles. The van der Waals surface area contributed by atoms with Gasteiger partial charge in [-0.2, -0.15) is 0 Å². The molecule has 0 radical (unpaired) electrons.